The van der Waals surface area contributed by atoms with E-state index in [1.807, 2.05) is 0 Å². The number of carbonyl (C=O) groups excluding carboxylic acids is 4. The van der Waals surface area contributed by atoms with E-state index in [2.05, 4.69) is 10.1 Å². The first-order valence-electron chi connectivity index (χ1n) is 9.31. The number of fused-ring (bicyclic) bond motifs is 1. The van der Waals surface area contributed by atoms with E-state index >= 15 is 0 Å². The molecule has 0 radical (unpaired) electrons. The van der Waals surface area contributed by atoms with E-state index < -0.39 is 42.4 Å². The number of nitrogens with zero attached hydrogens (tertiary/aromatic N) is 1. The first kappa shape index (κ1) is 22.8. The fourth-order valence-electron chi connectivity index (χ4n) is 2.97. The Bertz CT molecular complexity index is 1070. The van der Waals surface area contributed by atoms with Gasteiger partial charge in [-0.2, -0.15) is 0 Å². The molecule has 3 rings (SSSR count). The predicted octanol–water partition coefficient (Wildman–Crippen LogP) is 3.06. The van der Waals surface area contributed by atoms with Gasteiger partial charge in [-0.1, -0.05) is 11.6 Å². The lowest BCUT2D eigenvalue weighted by atomic mass is 10.1. The van der Waals surface area contributed by atoms with Gasteiger partial charge in [0, 0.05) is 12.2 Å². The molecular weight excluding hydrogens is 433 g/mol. The number of hydrogen-bond donors (Lipinski definition) is 1. The second-order valence-corrected chi connectivity index (χ2v) is 6.84. The predicted molar refractivity (Wildman–Crippen MR) is 104 cm³/mol. The van der Waals surface area contributed by atoms with Gasteiger partial charge in [-0.25, -0.2) is 0 Å². The van der Waals surface area contributed by atoms with Crippen molar-refractivity contribution in [2.45, 2.75) is 19.7 Å². The van der Waals surface area contributed by atoms with Crippen LogP contribution in [0.2, 0.25) is 0 Å². The fourth-order valence-corrected chi connectivity index (χ4v) is 2.97. The van der Waals surface area contributed by atoms with Gasteiger partial charge in [0.15, 0.2) is 6.61 Å². The van der Waals surface area contributed by atoms with Crippen LogP contribution in [0.1, 0.15) is 32.7 Å². The van der Waals surface area contributed by atoms with Gasteiger partial charge in [0.05, 0.1) is 17.5 Å². The molecule has 0 atom stereocenters. The summed E-state index contributed by atoms with van der Waals surface area (Å²) in [5.41, 5.74) is 1.52. The highest BCUT2D eigenvalue weighted by Gasteiger charge is 2.35. The lowest BCUT2D eigenvalue weighted by molar-refractivity contribution is -0.274. The highest BCUT2D eigenvalue weighted by molar-refractivity contribution is 6.21. The van der Waals surface area contributed by atoms with Gasteiger partial charge in [0.1, 0.15) is 5.75 Å². The Kier molecular flexibility index (Phi) is 6.47. The molecule has 2 aromatic carbocycles. The minimum Gasteiger partial charge on any atom is -0.456 e. The van der Waals surface area contributed by atoms with E-state index in [1.165, 1.54) is 12.1 Å². The molecule has 11 heteroatoms. The van der Waals surface area contributed by atoms with Gasteiger partial charge in [0.25, 0.3) is 17.7 Å². The van der Waals surface area contributed by atoms with E-state index in [1.54, 1.807) is 25.1 Å². The lowest BCUT2D eigenvalue weighted by Crippen LogP contribution is -2.32. The van der Waals surface area contributed by atoms with Crippen molar-refractivity contribution in [3.8, 4) is 5.75 Å². The summed E-state index contributed by atoms with van der Waals surface area (Å²) in [6.45, 7) is 0.932. The van der Waals surface area contributed by atoms with Crippen molar-refractivity contribution in [2.24, 2.45) is 0 Å². The normalized spacial score (nSPS) is 13.1. The Hall–Kier alpha value is -3.89. The number of halogens is 3. The van der Waals surface area contributed by atoms with Gasteiger partial charge in [-0.15, -0.1) is 13.2 Å². The molecule has 8 nitrogen and oxygen atoms in total. The molecule has 0 unspecified atom stereocenters. The van der Waals surface area contributed by atoms with Crippen molar-refractivity contribution < 1.29 is 41.8 Å². The van der Waals surface area contributed by atoms with Crippen LogP contribution in [0.3, 0.4) is 0 Å². The molecule has 2 aromatic rings. The molecule has 32 heavy (non-hydrogen) atoms. The summed E-state index contributed by atoms with van der Waals surface area (Å²) < 4.78 is 44.9. The van der Waals surface area contributed by atoms with Crippen LogP contribution in [-0.2, 0) is 14.3 Å². The molecule has 0 fully saturated rings. The quantitative estimate of drug-likeness (QED) is 0.514. The number of anilines is 1. The summed E-state index contributed by atoms with van der Waals surface area (Å²) in [4.78, 5) is 49.4. The van der Waals surface area contributed by atoms with Crippen LogP contribution in [0.25, 0.3) is 0 Å². The fraction of sp³-hybridized carbons (Fsp3) is 0.238. The zero-order valence-corrected chi connectivity index (χ0v) is 16.7. The number of aryl methyl sites for hydroxylation is 1. The number of alkyl halides is 3. The summed E-state index contributed by atoms with van der Waals surface area (Å²) in [6.07, 6.45) is -5.13. The highest BCUT2D eigenvalue weighted by atomic mass is 19.4. The van der Waals surface area contributed by atoms with Gasteiger partial charge < -0.3 is 14.8 Å². The minimum absolute atomic E-state index is 0.168. The topological polar surface area (TPSA) is 102 Å². The molecule has 0 spiro atoms. The molecule has 1 aliphatic rings. The SMILES string of the molecule is Cc1ccc2c(c1)C(=O)N(CCC(=O)OCC(=O)Nc1ccc(OC(F)(F)F)cc1)C2=O. The summed E-state index contributed by atoms with van der Waals surface area (Å²) >= 11 is 0. The van der Waals surface area contributed by atoms with Gasteiger partial charge in [-0.05, 0) is 43.3 Å². The number of amides is 3. The Morgan fingerprint density at radius 3 is 2.31 bits per heavy atom. The van der Waals surface area contributed by atoms with E-state index in [-0.39, 0.29) is 29.8 Å². The molecule has 0 aromatic heterocycles. The average Bonchev–Trinajstić information content (AvgIpc) is 2.94. The number of imide groups is 1. The Morgan fingerprint density at radius 2 is 1.66 bits per heavy atom. The second kappa shape index (κ2) is 9.08. The first-order valence-corrected chi connectivity index (χ1v) is 9.31. The standard InChI is InChI=1S/C21H17F3N2O6/c1-12-2-7-15-16(10-12)20(30)26(19(15)29)9-8-18(28)31-11-17(27)25-13-3-5-14(6-4-13)32-21(22,23)24/h2-7,10H,8-9,11H2,1H3,(H,25,27). The number of ether oxygens (including phenoxy) is 2. The van der Waals surface area contributed by atoms with Gasteiger partial charge in [-0.3, -0.25) is 24.1 Å². The summed E-state index contributed by atoms with van der Waals surface area (Å²) in [7, 11) is 0. The van der Waals surface area contributed by atoms with Crippen LogP contribution in [0.5, 0.6) is 5.75 Å². The molecule has 0 bridgehead atoms. The van der Waals surface area contributed by atoms with E-state index in [0.29, 0.717) is 0 Å². The van der Waals surface area contributed by atoms with Crippen LogP contribution >= 0.6 is 0 Å². The molecule has 1 heterocycles. The average molecular weight is 450 g/mol. The van der Waals surface area contributed by atoms with Crippen molar-refractivity contribution in [1.29, 1.82) is 0 Å². The highest BCUT2D eigenvalue weighted by Crippen LogP contribution is 2.25. The number of rotatable bonds is 7. The van der Waals surface area contributed by atoms with E-state index in [0.717, 1.165) is 22.6 Å². The summed E-state index contributed by atoms with van der Waals surface area (Å²) in [5.74, 6) is -2.99. The van der Waals surface area contributed by atoms with E-state index in [4.69, 9.17) is 4.74 Å². The molecule has 1 N–H and O–H groups in total. The number of hydrogen-bond acceptors (Lipinski definition) is 6. The number of benzene rings is 2. The van der Waals surface area contributed by atoms with Crippen molar-refractivity contribution >= 4 is 29.4 Å². The van der Waals surface area contributed by atoms with Crippen LogP contribution in [-0.4, -0.2) is 48.1 Å². The van der Waals surface area contributed by atoms with Gasteiger partial charge >= 0.3 is 12.3 Å². The van der Waals surface area contributed by atoms with Gasteiger partial charge in [0.2, 0.25) is 0 Å². The molecule has 3 amide bonds. The number of esters is 1. The lowest BCUT2D eigenvalue weighted by Gasteiger charge is -2.13. The molecule has 0 saturated carbocycles. The minimum atomic E-state index is -4.83. The summed E-state index contributed by atoms with van der Waals surface area (Å²) in [5, 5.41) is 2.34. The smallest absolute Gasteiger partial charge is 0.456 e. The van der Waals surface area contributed by atoms with Crippen LogP contribution < -0.4 is 10.1 Å². The number of carbonyl (C=O) groups is 4. The Balaban J connectivity index is 1.44. The van der Waals surface area contributed by atoms with Crippen LogP contribution in [0.15, 0.2) is 42.5 Å². The maximum atomic E-state index is 12.4. The zero-order valence-electron chi connectivity index (χ0n) is 16.7. The zero-order chi connectivity index (χ0) is 23.5. The van der Waals surface area contributed by atoms with E-state index in [9.17, 15) is 32.3 Å². The van der Waals surface area contributed by atoms with Crippen molar-refractivity contribution in [2.75, 3.05) is 18.5 Å². The molecule has 1 aliphatic heterocycles. The molecular formula is C21H17F3N2O6. The maximum absolute atomic E-state index is 12.4. The second-order valence-electron chi connectivity index (χ2n) is 6.84. The third-order valence-corrected chi connectivity index (χ3v) is 4.40. The van der Waals surface area contributed by atoms with Crippen molar-refractivity contribution in [3.05, 3.63) is 59.2 Å². The van der Waals surface area contributed by atoms with Crippen molar-refractivity contribution in [3.63, 3.8) is 0 Å². The Morgan fingerprint density at radius 1 is 1.00 bits per heavy atom. The number of nitrogens with one attached hydrogen (secondary N) is 1. The monoisotopic (exact) mass is 450 g/mol. The first-order chi connectivity index (χ1) is 15.0. The molecule has 0 saturated heterocycles. The summed E-state index contributed by atoms with van der Waals surface area (Å²) in [6, 6.07) is 9.25. The maximum Gasteiger partial charge on any atom is 0.573 e. The van der Waals surface area contributed by atoms with Crippen LogP contribution in [0, 0.1) is 6.92 Å². The third kappa shape index (κ3) is 5.62. The Labute approximate surface area is 179 Å². The molecule has 0 aliphatic carbocycles. The van der Waals surface area contributed by atoms with Crippen LogP contribution in [0.4, 0.5) is 18.9 Å². The largest absolute Gasteiger partial charge is 0.573 e. The molecule has 168 valence electrons. The third-order valence-electron chi connectivity index (χ3n) is 4.40. The van der Waals surface area contributed by atoms with Crippen molar-refractivity contribution in [1.82, 2.24) is 4.90 Å².